The van der Waals surface area contributed by atoms with Gasteiger partial charge >= 0.3 is 0 Å². The zero-order chi connectivity index (χ0) is 29.4. The Kier molecular flexibility index (Phi) is 7.31. The number of thiazole rings is 1. The van der Waals surface area contributed by atoms with Crippen LogP contribution in [0.25, 0.3) is 6.08 Å². The Labute approximate surface area is 245 Å². The van der Waals surface area contributed by atoms with E-state index in [9.17, 15) is 18.8 Å². The second kappa shape index (κ2) is 11.2. The van der Waals surface area contributed by atoms with Crippen molar-refractivity contribution in [2.75, 3.05) is 5.32 Å². The molecule has 12 heteroatoms. The van der Waals surface area contributed by atoms with Crippen molar-refractivity contribution in [2.45, 2.75) is 30.1 Å². The number of hydrogen-bond donors (Lipinski definition) is 2. The number of aryl methyl sites for hydroxylation is 1. The van der Waals surface area contributed by atoms with Crippen LogP contribution in [0, 0.1) is 12.7 Å². The minimum absolute atomic E-state index is 0.263. The molecule has 1 aliphatic rings. The van der Waals surface area contributed by atoms with Crippen LogP contribution in [-0.4, -0.2) is 20.4 Å². The lowest BCUT2D eigenvalue weighted by Crippen LogP contribution is -2.40. The molecule has 1 aliphatic heterocycles. The molecule has 1 atom stereocenters. The summed E-state index contributed by atoms with van der Waals surface area (Å²) in [6.45, 7) is 3.44. The highest BCUT2D eigenvalue weighted by Crippen LogP contribution is 2.31. The molecule has 42 heavy (non-hydrogen) atoms. The van der Waals surface area contributed by atoms with Gasteiger partial charge in [-0.05, 0) is 67.6 Å². The number of fused-ring (bicyclic) bond motifs is 1. The topological polar surface area (TPSA) is 122 Å². The molecule has 0 saturated heterocycles. The van der Waals surface area contributed by atoms with E-state index in [-0.39, 0.29) is 16.7 Å². The predicted molar refractivity (Wildman–Crippen MR) is 158 cm³/mol. The fraction of sp³-hybridized carbons (Fsp3) is 0.100. The van der Waals surface area contributed by atoms with Gasteiger partial charge < -0.3 is 14.7 Å². The molecule has 0 aliphatic carbocycles. The van der Waals surface area contributed by atoms with Crippen LogP contribution in [0.2, 0.25) is 0 Å². The third kappa shape index (κ3) is 5.54. The molecule has 3 aromatic heterocycles. The summed E-state index contributed by atoms with van der Waals surface area (Å²) in [4.78, 5) is 51.1. The number of anilines is 1. The summed E-state index contributed by atoms with van der Waals surface area (Å²) in [5.74, 6) is -0.436. The van der Waals surface area contributed by atoms with Crippen molar-refractivity contribution < 1.29 is 13.6 Å². The SMILES string of the molecule is CC1=C(C(=O)Nc2ccccc2)[C@@H](c2ccc(F)cc2)n2c(s/c(=C/c3ccc(Sc4nc(C)cc(=O)[nH]4)o3)c2=O)=N1. The van der Waals surface area contributed by atoms with Crippen LogP contribution in [0.3, 0.4) is 0 Å². The Hall–Kier alpha value is -4.81. The maximum atomic E-state index is 13.9. The predicted octanol–water partition coefficient (Wildman–Crippen LogP) is 4.15. The standard InChI is InChI=1S/C30H22FN5O4S2/c1-16-14-23(37)35-29(32-16)42-24-13-12-21(40-24)15-22-28(39)36-26(18-8-10-19(31)11-9-18)25(17(2)33-30(36)41-22)27(38)34-20-6-4-3-5-7-20/h3-15,26H,1-2H3,(H,34,38)(H,32,35,37)/b22-15+/t26-/m1/s1. The number of rotatable bonds is 6. The maximum Gasteiger partial charge on any atom is 0.271 e. The van der Waals surface area contributed by atoms with Gasteiger partial charge in [-0.3, -0.25) is 19.0 Å². The number of carbonyl (C=O) groups is 1. The third-order valence-electron chi connectivity index (χ3n) is 6.40. The van der Waals surface area contributed by atoms with Gasteiger partial charge in [0.15, 0.2) is 15.1 Å². The molecule has 0 radical (unpaired) electrons. The van der Waals surface area contributed by atoms with Gasteiger partial charge in [0.2, 0.25) is 0 Å². The average Bonchev–Trinajstić information content (AvgIpc) is 3.51. The van der Waals surface area contributed by atoms with Gasteiger partial charge in [0, 0.05) is 23.5 Å². The van der Waals surface area contributed by atoms with Crippen molar-refractivity contribution in [2.24, 2.45) is 4.99 Å². The second-order valence-corrected chi connectivity index (χ2v) is 11.4. The minimum atomic E-state index is -0.834. The number of carbonyl (C=O) groups excluding carboxylic acids is 1. The summed E-state index contributed by atoms with van der Waals surface area (Å²) in [6.07, 6.45) is 1.60. The molecule has 6 rings (SSSR count). The number of halogens is 1. The van der Waals surface area contributed by atoms with Gasteiger partial charge in [-0.25, -0.2) is 14.4 Å². The number of aromatic nitrogens is 3. The highest BCUT2D eigenvalue weighted by Gasteiger charge is 2.32. The largest absolute Gasteiger partial charge is 0.450 e. The Bertz CT molecular complexity index is 2090. The van der Waals surface area contributed by atoms with Crippen LogP contribution in [0.1, 0.15) is 30.0 Å². The van der Waals surface area contributed by atoms with Crippen LogP contribution in [0.15, 0.2) is 113 Å². The normalized spacial score (nSPS) is 14.9. The summed E-state index contributed by atoms with van der Waals surface area (Å²) < 4.78 is 21.5. The molecule has 4 heterocycles. The Morgan fingerprint density at radius 1 is 1.10 bits per heavy atom. The number of nitrogens with zero attached hydrogens (tertiary/aromatic N) is 3. The lowest BCUT2D eigenvalue weighted by Gasteiger charge is -2.25. The highest BCUT2D eigenvalue weighted by atomic mass is 32.2. The molecule has 0 bridgehead atoms. The van der Waals surface area contributed by atoms with E-state index in [1.165, 1.54) is 22.8 Å². The van der Waals surface area contributed by atoms with E-state index < -0.39 is 17.8 Å². The molecule has 2 N–H and O–H groups in total. The second-order valence-electron chi connectivity index (χ2n) is 9.40. The van der Waals surface area contributed by atoms with E-state index in [2.05, 4.69) is 20.3 Å². The van der Waals surface area contributed by atoms with E-state index in [4.69, 9.17) is 4.42 Å². The smallest absolute Gasteiger partial charge is 0.271 e. The lowest BCUT2D eigenvalue weighted by molar-refractivity contribution is -0.113. The number of H-pyrrole nitrogens is 1. The molecule has 1 amide bonds. The van der Waals surface area contributed by atoms with E-state index in [0.29, 0.717) is 48.0 Å². The zero-order valence-electron chi connectivity index (χ0n) is 22.3. The summed E-state index contributed by atoms with van der Waals surface area (Å²) >= 11 is 2.31. The van der Waals surface area contributed by atoms with Crippen LogP contribution in [0.4, 0.5) is 10.1 Å². The zero-order valence-corrected chi connectivity index (χ0v) is 23.9. The monoisotopic (exact) mass is 599 g/mol. The van der Waals surface area contributed by atoms with E-state index in [1.807, 2.05) is 6.07 Å². The van der Waals surface area contributed by atoms with Gasteiger partial charge in [0.05, 0.1) is 21.8 Å². The van der Waals surface area contributed by atoms with Crippen molar-refractivity contribution in [3.8, 4) is 0 Å². The fourth-order valence-corrected chi connectivity index (χ4v) is 6.42. The highest BCUT2D eigenvalue weighted by molar-refractivity contribution is 7.99. The van der Waals surface area contributed by atoms with Crippen LogP contribution >= 0.6 is 23.1 Å². The molecule has 210 valence electrons. The maximum absolute atomic E-state index is 13.9. The number of furan rings is 1. The van der Waals surface area contributed by atoms with Gasteiger partial charge in [0.1, 0.15) is 11.6 Å². The Balaban J connectivity index is 1.40. The van der Waals surface area contributed by atoms with Crippen molar-refractivity contribution in [3.63, 3.8) is 0 Å². The van der Waals surface area contributed by atoms with Crippen molar-refractivity contribution in [3.05, 3.63) is 137 Å². The molecule has 0 spiro atoms. The first-order valence-corrected chi connectivity index (χ1v) is 14.4. The number of amides is 1. The molecule has 0 saturated carbocycles. The first kappa shape index (κ1) is 27.4. The first-order valence-electron chi connectivity index (χ1n) is 12.8. The van der Waals surface area contributed by atoms with E-state index in [1.54, 1.807) is 68.5 Å². The van der Waals surface area contributed by atoms with Crippen molar-refractivity contribution in [1.29, 1.82) is 0 Å². The summed E-state index contributed by atoms with van der Waals surface area (Å²) in [5, 5.41) is 3.74. The van der Waals surface area contributed by atoms with Gasteiger partial charge in [0.25, 0.3) is 17.0 Å². The quantitative estimate of drug-likeness (QED) is 0.283. The molecule has 9 nitrogen and oxygen atoms in total. The van der Waals surface area contributed by atoms with Crippen LogP contribution < -0.4 is 25.8 Å². The van der Waals surface area contributed by atoms with Crippen LogP contribution in [0.5, 0.6) is 0 Å². The molecular weight excluding hydrogens is 577 g/mol. The van der Waals surface area contributed by atoms with Gasteiger partial charge in [-0.15, -0.1) is 0 Å². The lowest BCUT2D eigenvalue weighted by atomic mass is 9.95. The summed E-state index contributed by atoms with van der Waals surface area (Å²) in [6, 6.07) is 18.7. The summed E-state index contributed by atoms with van der Waals surface area (Å²) in [5.41, 5.74) is 1.82. The van der Waals surface area contributed by atoms with Gasteiger partial charge in [-0.2, -0.15) is 0 Å². The average molecular weight is 600 g/mol. The number of hydrogen-bond acceptors (Lipinski definition) is 8. The van der Waals surface area contributed by atoms with E-state index in [0.717, 1.165) is 23.1 Å². The van der Waals surface area contributed by atoms with E-state index >= 15 is 0 Å². The number of allylic oxidation sites excluding steroid dienone is 1. The van der Waals surface area contributed by atoms with Crippen LogP contribution in [-0.2, 0) is 4.79 Å². The fourth-order valence-electron chi connectivity index (χ4n) is 4.58. The van der Waals surface area contributed by atoms with Crippen molar-refractivity contribution in [1.82, 2.24) is 14.5 Å². The number of nitrogens with one attached hydrogen (secondary N) is 2. The Morgan fingerprint density at radius 3 is 2.60 bits per heavy atom. The third-order valence-corrected chi connectivity index (χ3v) is 8.19. The Morgan fingerprint density at radius 2 is 1.86 bits per heavy atom. The molecule has 0 fully saturated rings. The number of aromatic amines is 1. The number of para-hydroxylation sites is 1. The van der Waals surface area contributed by atoms with Gasteiger partial charge in [-0.1, -0.05) is 41.7 Å². The molecule has 5 aromatic rings. The first-order chi connectivity index (χ1) is 20.2. The molecular formula is C30H22FN5O4S2. The van der Waals surface area contributed by atoms with Crippen molar-refractivity contribution >= 4 is 40.8 Å². The molecule has 0 unspecified atom stereocenters. The summed E-state index contributed by atoms with van der Waals surface area (Å²) in [7, 11) is 0. The molecule has 2 aromatic carbocycles. The minimum Gasteiger partial charge on any atom is -0.450 e. The number of benzene rings is 2.